The van der Waals surface area contributed by atoms with Gasteiger partial charge in [0, 0.05) is 29.3 Å². The Morgan fingerprint density at radius 1 is 0.654 bits per heavy atom. The predicted octanol–water partition coefficient (Wildman–Crippen LogP) is 5.11. The van der Waals surface area contributed by atoms with Crippen molar-refractivity contribution in [1.29, 1.82) is 0 Å². The minimum Gasteiger partial charge on any atom is -0.508 e. The molecular formula is C23H18N2O. The van der Waals surface area contributed by atoms with Crippen LogP contribution in [0.1, 0.15) is 11.1 Å². The Morgan fingerprint density at radius 3 is 1.96 bits per heavy atom. The monoisotopic (exact) mass is 338 g/mol. The summed E-state index contributed by atoms with van der Waals surface area (Å²) in [5.41, 5.74) is 4.76. The second kappa shape index (κ2) is 7.19. The van der Waals surface area contributed by atoms with E-state index >= 15 is 0 Å². The number of aromatic nitrogens is 2. The molecule has 0 amide bonds. The second-order valence-electron chi connectivity index (χ2n) is 6.10. The molecule has 0 atom stereocenters. The van der Waals surface area contributed by atoms with Gasteiger partial charge in [0.1, 0.15) is 5.75 Å². The van der Waals surface area contributed by atoms with E-state index in [4.69, 9.17) is 4.98 Å². The van der Waals surface area contributed by atoms with Crippen molar-refractivity contribution >= 4 is 0 Å². The van der Waals surface area contributed by atoms with E-state index < -0.39 is 0 Å². The van der Waals surface area contributed by atoms with Crippen molar-refractivity contribution < 1.29 is 5.11 Å². The molecule has 4 aromatic rings. The standard InChI is InChI=1S/C23H18N2O/c26-21-14-8-7-13-19(21)15-20-16-24-23(18-11-5-2-6-12-18)25-22(20)17-9-3-1-4-10-17/h1-14,16,26H,15H2. The number of hydrogen-bond acceptors (Lipinski definition) is 3. The number of hydrogen-bond donors (Lipinski definition) is 1. The van der Waals surface area contributed by atoms with Crippen LogP contribution in [0.4, 0.5) is 0 Å². The van der Waals surface area contributed by atoms with Crippen molar-refractivity contribution in [3.05, 3.63) is 102 Å². The lowest BCUT2D eigenvalue weighted by atomic mass is 10.00. The van der Waals surface area contributed by atoms with Crippen molar-refractivity contribution in [2.45, 2.75) is 6.42 Å². The van der Waals surface area contributed by atoms with Gasteiger partial charge in [0.2, 0.25) is 0 Å². The Morgan fingerprint density at radius 2 is 1.27 bits per heavy atom. The number of aromatic hydroxyl groups is 1. The lowest BCUT2D eigenvalue weighted by Gasteiger charge is -2.12. The van der Waals surface area contributed by atoms with Crippen LogP contribution in [0.15, 0.2) is 91.1 Å². The van der Waals surface area contributed by atoms with E-state index in [2.05, 4.69) is 4.98 Å². The third-order valence-electron chi connectivity index (χ3n) is 4.32. The van der Waals surface area contributed by atoms with E-state index in [0.29, 0.717) is 18.0 Å². The molecule has 26 heavy (non-hydrogen) atoms. The molecule has 0 saturated heterocycles. The van der Waals surface area contributed by atoms with Crippen molar-refractivity contribution in [3.63, 3.8) is 0 Å². The molecule has 0 unspecified atom stereocenters. The first-order valence-electron chi connectivity index (χ1n) is 8.55. The molecule has 126 valence electrons. The first kappa shape index (κ1) is 16.0. The maximum absolute atomic E-state index is 10.1. The summed E-state index contributed by atoms with van der Waals surface area (Å²) in [5.74, 6) is 0.990. The smallest absolute Gasteiger partial charge is 0.159 e. The predicted molar refractivity (Wildman–Crippen MR) is 104 cm³/mol. The molecule has 3 nitrogen and oxygen atoms in total. The van der Waals surface area contributed by atoms with E-state index in [9.17, 15) is 5.11 Å². The third-order valence-corrected chi connectivity index (χ3v) is 4.32. The van der Waals surface area contributed by atoms with Gasteiger partial charge >= 0.3 is 0 Å². The fourth-order valence-electron chi connectivity index (χ4n) is 2.97. The second-order valence-corrected chi connectivity index (χ2v) is 6.10. The van der Waals surface area contributed by atoms with Gasteiger partial charge in [0.05, 0.1) is 5.69 Å². The Hall–Kier alpha value is -3.46. The molecule has 4 rings (SSSR count). The molecule has 1 heterocycles. The zero-order valence-corrected chi connectivity index (χ0v) is 14.2. The molecule has 1 N–H and O–H groups in total. The highest BCUT2D eigenvalue weighted by atomic mass is 16.3. The largest absolute Gasteiger partial charge is 0.508 e. The molecule has 0 saturated carbocycles. The summed E-state index contributed by atoms with van der Waals surface area (Å²) in [6, 6.07) is 27.4. The highest BCUT2D eigenvalue weighted by Gasteiger charge is 2.12. The van der Waals surface area contributed by atoms with Gasteiger partial charge in [-0.1, -0.05) is 78.9 Å². The van der Waals surface area contributed by atoms with E-state index in [0.717, 1.165) is 27.9 Å². The quantitative estimate of drug-likeness (QED) is 0.562. The average molecular weight is 338 g/mol. The maximum Gasteiger partial charge on any atom is 0.159 e. The van der Waals surface area contributed by atoms with Crippen LogP contribution in [0.25, 0.3) is 22.6 Å². The number of para-hydroxylation sites is 1. The molecule has 1 aromatic heterocycles. The maximum atomic E-state index is 10.1. The molecule has 0 aliphatic heterocycles. The molecular weight excluding hydrogens is 320 g/mol. The van der Waals surface area contributed by atoms with Crippen molar-refractivity contribution in [1.82, 2.24) is 9.97 Å². The fourth-order valence-corrected chi connectivity index (χ4v) is 2.97. The summed E-state index contributed by atoms with van der Waals surface area (Å²) in [5, 5.41) is 10.1. The van der Waals surface area contributed by atoms with Gasteiger partial charge in [-0.15, -0.1) is 0 Å². The van der Waals surface area contributed by atoms with E-state index in [1.807, 2.05) is 85.1 Å². The molecule has 0 fully saturated rings. The topological polar surface area (TPSA) is 46.0 Å². The van der Waals surface area contributed by atoms with E-state index in [1.54, 1.807) is 6.07 Å². The number of phenols is 1. The number of nitrogens with zero attached hydrogens (tertiary/aromatic N) is 2. The van der Waals surface area contributed by atoms with Crippen LogP contribution in [-0.4, -0.2) is 15.1 Å². The van der Waals surface area contributed by atoms with Gasteiger partial charge in [-0.3, -0.25) is 0 Å². The first-order valence-corrected chi connectivity index (χ1v) is 8.55. The molecule has 3 aromatic carbocycles. The van der Waals surface area contributed by atoms with Crippen LogP contribution >= 0.6 is 0 Å². The van der Waals surface area contributed by atoms with Crippen LogP contribution in [0.3, 0.4) is 0 Å². The summed E-state index contributed by atoms with van der Waals surface area (Å²) >= 11 is 0. The minimum atomic E-state index is 0.290. The van der Waals surface area contributed by atoms with Gasteiger partial charge in [0.15, 0.2) is 5.82 Å². The van der Waals surface area contributed by atoms with Crippen LogP contribution < -0.4 is 0 Å². The molecule has 3 heteroatoms. The van der Waals surface area contributed by atoms with Gasteiger partial charge < -0.3 is 5.11 Å². The zero-order chi connectivity index (χ0) is 17.8. The molecule has 0 bridgehead atoms. The van der Waals surface area contributed by atoms with Crippen LogP contribution in [0.2, 0.25) is 0 Å². The van der Waals surface area contributed by atoms with Crippen molar-refractivity contribution in [3.8, 4) is 28.4 Å². The molecule has 0 aliphatic rings. The highest BCUT2D eigenvalue weighted by molar-refractivity contribution is 5.67. The van der Waals surface area contributed by atoms with Gasteiger partial charge in [0.25, 0.3) is 0 Å². The SMILES string of the molecule is Oc1ccccc1Cc1cnc(-c2ccccc2)nc1-c1ccccc1. The molecule has 0 radical (unpaired) electrons. The van der Waals surface area contributed by atoms with Crippen molar-refractivity contribution in [2.24, 2.45) is 0 Å². The Kier molecular flexibility index (Phi) is 4.44. The summed E-state index contributed by atoms with van der Waals surface area (Å²) < 4.78 is 0. The Labute approximate surface area is 152 Å². The van der Waals surface area contributed by atoms with Gasteiger partial charge in [-0.25, -0.2) is 9.97 Å². The lowest BCUT2D eigenvalue weighted by Crippen LogP contribution is -2.00. The Balaban J connectivity index is 1.82. The van der Waals surface area contributed by atoms with Gasteiger partial charge in [-0.05, 0) is 11.6 Å². The highest BCUT2D eigenvalue weighted by Crippen LogP contribution is 2.28. The van der Waals surface area contributed by atoms with Crippen LogP contribution in [0.5, 0.6) is 5.75 Å². The van der Waals surface area contributed by atoms with Gasteiger partial charge in [-0.2, -0.15) is 0 Å². The summed E-state index contributed by atoms with van der Waals surface area (Å²) in [6.07, 6.45) is 2.44. The molecule has 0 aliphatic carbocycles. The normalized spacial score (nSPS) is 10.6. The summed E-state index contributed by atoms with van der Waals surface area (Å²) in [6.45, 7) is 0. The Bertz CT molecular complexity index is 1010. The van der Waals surface area contributed by atoms with E-state index in [-0.39, 0.29) is 0 Å². The number of rotatable bonds is 4. The van der Waals surface area contributed by atoms with Crippen LogP contribution in [-0.2, 0) is 6.42 Å². The summed E-state index contributed by atoms with van der Waals surface area (Å²) in [7, 11) is 0. The van der Waals surface area contributed by atoms with Crippen LogP contribution in [0, 0.1) is 0 Å². The third kappa shape index (κ3) is 3.33. The fraction of sp³-hybridized carbons (Fsp3) is 0.0435. The average Bonchev–Trinajstić information content (AvgIpc) is 2.71. The summed E-state index contributed by atoms with van der Waals surface area (Å²) in [4.78, 5) is 9.41. The first-order chi connectivity index (χ1) is 12.8. The lowest BCUT2D eigenvalue weighted by molar-refractivity contribution is 0.469. The minimum absolute atomic E-state index is 0.290. The van der Waals surface area contributed by atoms with E-state index in [1.165, 1.54) is 0 Å². The number of phenolic OH excluding ortho intramolecular Hbond substituents is 1. The molecule has 0 spiro atoms. The zero-order valence-electron chi connectivity index (χ0n) is 14.2. The van der Waals surface area contributed by atoms with Crippen molar-refractivity contribution in [2.75, 3.05) is 0 Å². The number of benzene rings is 3.